The molecule has 2 aliphatic rings. The molecule has 1 aromatic heterocycles. The van der Waals surface area contributed by atoms with E-state index in [4.69, 9.17) is 4.98 Å². The fraction of sp³-hybridized carbons (Fsp3) is 0.458. The molecule has 0 bridgehead atoms. The Balaban J connectivity index is 1.26. The van der Waals surface area contributed by atoms with Crippen molar-refractivity contribution >= 4 is 21.1 Å². The average molecular weight is 424 g/mol. The Hall–Kier alpha value is -2.18. The van der Waals surface area contributed by atoms with Crippen molar-refractivity contribution in [2.45, 2.75) is 61.7 Å². The van der Waals surface area contributed by atoms with E-state index in [0.29, 0.717) is 23.9 Å². The van der Waals surface area contributed by atoms with Crippen molar-refractivity contribution in [2.24, 2.45) is 0 Å². The summed E-state index contributed by atoms with van der Waals surface area (Å²) in [5.41, 5.74) is 3.30. The van der Waals surface area contributed by atoms with Crippen LogP contribution in [0.25, 0.3) is 11.0 Å². The first-order valence-corrected chi connectivity index (χ1v) is 12.6. The van der Waals surface area contributed by atoms with E-state index in [1.54, 1.807) is 4.31 Å². The van der Waals surface area contributed by atoms with Crippen LogP contribution < -0.4 is 0 Å². The van der Waals surface area contributed by atoms with Crippen LogP contribution in [0.5, 0.6) is 0 Å². The number of para-hydroxylation sites is 2. The van der Waals surface area contributed by atoms with Gasteiger partial charge < -0.3 is 4.98 Å². The highest BCUT2D eigenvalue weighted by Crippen LogP contribution is 2.34. The monoisotopic (exact) mass is 423 g/mol. The lowest BCUT2D eigenvalue weighted by Crippen LogP contribution is -2.38. The Kier molecular flexibility index (Phi) is 5.37. The van der Waals surface area contributed by atoms with Gasteiger partial charge in [-0.2, -0.15) is 4.31 Å². The Morgan fingerprint density at radius 3 is 2.23 bits per heavy atom. The van der Waals surface area contributed by atoms with Crippen molar-refractivity contribution < 1.29 is 8.42 Å². The van der Waals surface area contributed by atoms with Gasteiger partial charge in [0.15, 0.2) is 0 Å². The number of aromatic nitrogens is 2. The third-order valence-corrected chi connectivity index (χ3v) is 8.76. The highest BCUT2D eigenvalue weighted by Gasteiger charge is 2.31. The fourth-order valence-corrected chi connectivity index (χ4v) is 6.50. The quantitative estimate of drug-likeness (QED) is 0.629. The van der Waals surface area contributed by atoms with E-state index >= 15 is 0 Å². The van der Waals surface area contributed by atoms with Crippen LogP contribution in [-0.4, -0.2) is 35.8 Å². The molecule has 1 saturated carbocycles. The first-order chi connectivity index (χ1) is 14.6. The number of benzene rings is 2. The predicted molar refractivity (Wildman–Crippen MR) is 119 cm³/mol. The molecule has 6 heteroatoms. The molecule has 0 atom stereocenters. The number of fused-ring (bicyclic) bond motifs is 1. The van der Waals surface area contributed by atoms with Gasteiger partial charge in [0.25, 0.3) is 0 Å². The lowest BCUT2D eigenvalue weighted by atomic mass is 9.84. The van der Waals surface area contributed by atoms with Crippen molar-refractivity contribution in [3.05, 3.63) is 59.9 Å². The number of sulfonamides is 1. The van der Waals surface area contributed by atoms with E-state index < -0.39 is 10.0 Å². The normalized spacial score (nSPS) is 20.0. The Labute approximate surface area is 178 Å². The van der Waals surface area contributed by atoms with Crippen molar-refractivity contribution in [1.29, 1.82) is 0 Å². The molecule has 1 aliphatic heterocycles. The predicted octanol–water partition coefficient (Wildman–Crippen LogP) is 5.18. The summed E-state index contributed by atoms with van der Waals surface area (Å²) in [7, 11) is -3.44. The summed E-state index contributed by atoms with van der Waals surface area (Å²) in [6, 6.07) is 15.7. The van der Waals surface area contributed by atoms with Crippen LogP contribution in [0.2, 0.25) is 0 Å². The van der Waals surface area contributed by atoms with E-state index in [2.05, 4.69) is 4.98 Å². The molecule has 1 saturated heterocycles. The number of nitrogens with one attached hydrogen (secondary N) is 1. The number of hydrogen-bond acceptors (Lipinski definition) is 3. The summed E-state index contributed by atoms with van der Waals surface area (Å²) in [4.78, 5) is 8.54. The lowest BCUT2D eigenvalue weighted by molar-refractivity contribution is 0.314. The van der Waals surface area contributed by atoms with Crippen LogP contribution >= 0.6 is 0 Å². The molecule has 1 N–H and O–H groups in total. The van der Waals surface area contributed by atoms with Crippen molar-refractivity contribution in [3.63, 3.8) is 0 Å². The van der Waals surface area contributed by atoms with Gasteiger partial charge in [-0.25, -0.2) is 13.4 Å². The summed E-state index contributed by atoms with van der Waals surface area (Å²) in [5, 5.41) is 0. The van der Waals surface area contributed by atoms with Gasteiger partial charge in [-0.3, -0.25) is 0 Å². The molecule has 2 fully saturated rings. The molecule has 2 aromatic carbocycles. The molecule has 0 radical (unpaired) electrons. The van der Waals surface area contributed by atoms with Crippen LogP contribution in [0, 0.1) is 0 Å². The molecule has 1 aliphatic carbocycles. The SMILES string of the molecule is O=S(=O)(c1ccc(C2CCCCC2)cc1)N1CCC(c2nc3ccccc3[nH]2)CC1. The molecular weight excluding hydrogens is 394 g/mol. The van der Waals surface area contributed by atoms with Gasteiger partial charge in [0.05, 0.1) is 15.9 Å². The summed E-state index contributed by atoms with van der Waals surface area (Å²) in [6.45, 7) is 1.07. The molecule has 0 unspecified atom stereocenters. The smallest absolute Gasteiger partial charge is 0.243 e. The summed E-state index contributed by atoms with van der Waals surface area (Å²) < 4.78 is 28.0. The van der Waals surface area contributed by atoms with Crippen LogP contribution in [0.4, 0.5) is 0 Å². The number of rotatable bonds is 4. The van der Waals surface area contributed by atoms with Gasteiger partial charge in [0, 0.05) is 19.0 Å². The summed E-state index contributed by atoms with van der Waals surface area (Å²) in [6.07, 6.45) is 7.92. The highest BCUT2D eigenvalue weighted by atomic mass is 32.2. The van der Waals surface area contributed by atoms with E-state index in [1.807, 2.05) is 48.5 Å². The van der Waals surface area contributed by atoms with Gasteiger partial charge in [-0.05, 0) is 61.4 Å². The zero-order chi connectivity index (χ0) is 20.6. The van der Waals surface area contributed by atoms with E-state index in [0.717, 1.165) is 29.7 Å². The van der Waals surface area contributed by atoms with E-state index in [-0.39, 0.29) is 5.92 Å². The maximum atomic E-state index is 13.2. The summed E-state index contributed by atoms with van der Waals surface area (Å²) in [5.74, 6) is 1.85. The minimum atomic E-state index is -3.44. The average Bonchev–Trinajstić information content (AvgIpc) is 3.24. The number of nitrogens with zero attached hydrogens (tertiary/aromatic N) is 2. The van der Waals surface area contributed by atoms with Gasteiger partial charge in [-0.15, -0.1) is 0 Å². The molecule has 5 rings (SSSR count). The number of piperidine rings is 1. The van der Waals surface area contributed by atoms with Crippen molar-refractivity contribution in [1.82, 2.24) is 14.3 Å². The third kappa shape index (κ3) is 3.79. The van der Waals surface area contributed by atoms with E-state index in [1.165, 1.54) is 37.7 Å². The minimum absolute atomic E-state index is 0.275. The molecular formula is C24H29N3O2S. The topological polar surface area (TPSA) is 66.1 Å². The number of H-pyrrole nitrogens is 1. The van der Waals surface area contributed by atoms with Gasteiger partial charge in [-0.1, -0.05) is 43.5 Å². The molecule has 5 nitrogen and oxygen atoms in total. The van der Waals surface area contributed by atoms with Crippen LogP contribution in [0.15, 0.2) is 53.4 Å². The van der Waals surface area contributed by atoms with Gasteiger partial charge in [0.2, 0.25) is 10.0 Å². The largest absolute Gasteiger partial charge is 0.342 e. The Bertz CT molecular complexity index is 1070. The Morgan fingerprint density at radius 1 is 0.833 bits per heavy atom. The maximum Gasteiger partial charge on any atom is 0.243 e. The van der Waals surface area contributed by atoms with E-state index in [9.17, 15) is 8.42 Å². The number of imidazole rings is 1. The Morgan fingerprint density at radius 2 is 1.53 bits per heavy atom. The van der Waals surface area contributed by atoms with Crippen molar-refractivity contribution in [2.75, 3.05) is 13.1 Å². The van der Waals surface area contributed by atoms with Crippen LogP contribution in [0.1, 0.15) is 68.2 Å². The summed E-state index contributed by atoms with van der Waals surface area (Å²) >= 11 is 0. The van der Waals surface area contributed by atoms with Gasteiger partial charge >= 0.3 is 0 Å². The van der Waals surface area contributed by atoms with Gasteiger partial charge in [0.1, 0.15) is 5.82 Å². The maximum absolute atomic E-state index is 13.2. The fourth-order valence-electron chi connectivity index (χ4n) is 5.03. The molecule has 158 valence electrons. The highest BCUT2D eigenvalue weighted by molar-refractivity contribution is 7.89. The number of hydrogen-bond donors (Lipinski definition) is 1. The molecule has 0 amide bonds. The third-order valence-electron chi connectivity index (χ3n) is 6.84. The van der Waals surface area contributed by atoms with Crippen molar-refractivity contribution in [3.8, 4) is 0 Å². The zero-order valence-corrected chi connectivity index (χ0v) is 18.1. The standard InChI is InChI=1S/C24H29N3O2S/c28-30(29,21-12-10-19(11-13-21)18-6-2-1-3-7-18)27-16-14-20(15-17-27)24-25-22-8-4-5-9-23(22)26-24/h4-5,8-13,18,20H,1-3,6-7,14-17H2,(H,25,26). The second kappa shape index (κ2) is 8.16. The molecule has 0 spiro atoms. The second-order valence-electron chi connectivity index (χ2n) is 8.72. The number of aromatic amines is 1. The van der Waals surface area contributed by atoms with Crippen LogP contribution in [0.3, 0.4) is 0 Å². The lowest BCUT2D eigenvalue weighted by Gasteiger charge is -2.30. The molecule has 3 aromatic rings. The van der Waals surface area contributed by atoms with Crippen LogP contribution in [-0.2, 0) is 10.0 Å². The first kappa shape index (κ1) is 19.8. The minimum Gasteiger partial charge on any atom is -0.342 e. The second-order valence-corrected chi connectivity index (χ2v) is 10.7. The zero-order valence-electron chi connectivity index (χ0n) is 17.3. The molecule has 30 heavy (non-hydrogen) atoms. The molecule has 2 heterocycles. The first-order valence-electron chi connectivity index (χ1n) is 11.2.